The lowest BCUT2D eigenvalue weighted by Gasteiger charge is -2.21. The number of alkyl halides is 5. The van der Waals surface area contributed by atoms with Crippen LogP contribution in [-0.2, 0) is 5.92 Å². The summed E-state index contributed by atoms with van der Waals surface area (Å²) >= 11 is 0. The number of halogens is 5. The van der Waals surface area contributed by atoms with Gasteiger partial charge in [0.05, 0.1) is 5.56 Å². The van der Waals surface area contributed by atoms with E-state index in [1.807, 2.05) is 0 Å². The second kappa shape index (κ2) is 8.96. The number of hydrogen-bond acceptors (Lipinski definition) is 5. The molecule has 11 heteroatoms. The van der Waals surface area contributed by atoms with Gasteiger partial charge in [-0.2, -0.15) is 22.0 Å². The Morgan fingerprint density at radius 3 is 2.32 bits per heavy atom. The topological polar surface area (TPSA) is 71.0 Å². The lowest BCUT2D eigenvalue weighted by molar-refractivity contribution is -0.289. The van der Waals surface area contributed by atoms with Crippen LogP contribution in [0.4, 0.5) is 33.5 Å². The molecule has 1 atom stereocenters. The van der Waals surface area contributed by atoms with E-state index in [1.165, 1.54) is 12.5 Å². The molecule has 0 unspecified atom stereocenters. The number of nitrogens with zero attached hydrogens (tertiary/aromatic N) is 4. The summed E-state index contributed by atoms with van der Waals surface area (Å²) in [6, 6.07) is 4.88. The third kappa shape index (κ3) is 4.68. The van der Waals surface area contributed by atoms with E-state index in [1.54, 1.807) is 18.5 Å². The number of carbonyl (C=O) groups excluding carboxylic acids is 1. The normalized spacial score (nSPS) is 16.5. The Labute approximate surface area is 191 Å². The molecule has 0 aliphatic carbocycles. The van der Waals surface area contributed by atoms with Gasteiger partial charge in [-0.1, -0.05) is 19.1 Å². The van der Waals surface area contributed by atoms with Crippen LogP contribution in [0.2, 0.25) is 0 Å². The smallest absolute Gasteiger partial charge is 0.356 e. The highest BCUT2D eigenvalue weighted by atomic mass is 19.4. The molecule has 6 nitrogen and oxygen atoms in total. The van der Waals surface area contributed by atoms with Gasteiger partial charge in [-0.05, 0) is 30.5 Å². The minimum atomic E-state index is -5.71. The molecule has 0 radical (unpaired) electrons. The van der Waals surface area contributed by atoms with E-state index in [4.69, 9.17) is 0 Å². The lowest BCUT2D eigenvalue weighted by Crippen LogP contribution is -2.33. The summed E-state index contributed by atoms with van der Waals surface area (Å²) in [6.45, 7) is 3.77. The predicted molar refractivity (Wildman–Crippen MR) is 116 cm³/mol. The molecule has 4 rings (SSSR count). The number of benzene rings is 1. The zero-order valence-corrected chi connectivity index (χ0v) is 18.0. The van der Waals surface area contributed by atoms with Gasteiger partial charge in [-0.3, -0.25) is 4.79 Å². The maximum atomic E-state index is 13.5. The summed E-state index contributed by atoms with van der Waals surface area (Å²) in [5.74, 6) is -4.40. The van der Waals surface area contributed by atoms with Crippen LogP contribution in [0, 0.1) is 5.92 Å². The molecule has 0 spiro atoms. The maximum Gasteiger partial charge on any atom is 0.458 e. The number of anilines is 2. The molecule has 1 aliphatic rings. The summed E-state index contributed by atoms with van der Waals surface area (Å²) in [5, 5.41) is 2.50. The number of hydrogen-bond donors (Lipinski definition) is 1. The first-order chi connectivity index (χ1) is 16.1. The van der Waals surface area contributed by atoms with E-state index in [0.717, 1.165) is 31.6 Å². The zero-order valence-electron chi connectivity index (χ0n) is 18.0. The fourth-order valence-corrected chi connectivity index (χ4v) is 3.74. The van der Waals surface area contributed by atoms with E-state index in [-0.39, 0.29) is 11.3 Å². The van der Waals surface area contributed by atoms with Gasteiger partial charge in [0.15, 0.2) is 0 Å². The Kier molecular flexibility index (Phi) is 6.20. The standard InChI is InChI=1S/C23H20F5N5O/c1-14-6-7-33(12-14)20-19(16-9-29-13-30-10-16)8-15(11-31-20)21(34)32-18-4-2-17(3-5-18)22(24,25)23(26,27)28/h2-5,8-11,13-14H,6-7,12H2,1H3,(H,32,34)/t14-/m1/s1. The third-order valence-corrected chi connectivity index (χ3v) is 5.59. The number of nitrogens with one attached hydrogen (secondary N) is 1. The van der Waals surface area contributed by atoms with Crippen molar-refractivity contribution in [3.8, 4) is 11.1 Å². The van der Waals surface area contributed by atoms with Crippen LogP contribution in [0.15, 0.2) is 55.2 Å². The number of pyridine rings is 1. The van der Waals surface area contributed by atoms with Crippen molar-refractivity contribution in [1.29, 1.82) is 0 Å². The Balaban J connectivity index is 1.59. The third-order valence-electron chi connectivity index (χ3n) is 5.59. The first-order valence-electron chi connectivity index (χ1n) is 10.4. The largest absolute Gasteiger partial charge is 0.458 e. The molecule has 1 aliphatic heterocycles. The van der Waals surface area contributed by atoms with Gasteiger partial charge in [-0.15, -0.1) is 0 Å². The van der Waals surface area contributed by atoms with Crippen molar-refractivity contribution in [2.45, 2.75) is 25.4 Å². The lowest BCUT2D eigenvalue weighted by atomic mass is 10.1. The van der Waals surface area contributed by atoms with Crippen molar-refractivity contribution in [2.24, 2.45) is 5.92 Å². The summed E-state index contributed by atoms with van der Waals surface area (Å²) in [4.78, 5) is 27.5. The number of aromatic nitrogens is 3. The molecular weight excluding hydrogens is 457 g/mol. The second-order valence-corrected chi connectivity index (χ2v) is 8.17. The molecule has 2 aromatic heterocycles. The molecule has 0 saturated carbocycles. The van der Waals surface area contributed by atoms with Gasteiger partial charge < -0.3 is 10.2 Å². The SMILES string of the molecule is C[C@@H]1CCN(c2ncc(C(=O)Nc3ccc(C(F)(F)C(F)(F)F)cc3)cc2-c2cncnc2)C1. The molecule has 1 aromatic carbocycles. The summed E-state index contributed by atoms with van der Waals surface area (Å²) < 4.78 is 64.6. The Morgan fingerprint density at radius 1 is 1.06 bits per heavy atom. The van der Waals surface area contributed by atoms with E-state index in [0.29, 0.717) is 35.0 Å². The van der Waals surface area contributed by atoms with Gasteiger partial charge in [0.1, 0.15) is 12.1 Å². The average molecular weight is 477 g/mol. The monoisotopic (exact) mass is 477 g/mol. The Morgan fingerprint density at radius 2 is 1.74 bits per heavy atom. The number of rotatable bonds is 5. The van der Waals surface area contributed by atoms with Crippen molar-refractivity contribution in [2.75, 3.05) is 23.3 Å². The van der Waals surface area contributed by atoms with Crippen LogP contribution in [0.1, 0.15) is 29.3 Å². The summed E-state index contributed by atoms with van der Waals surface area (Å²) in [7, 11) is 0. The minimum absolute atomic E-state index is 0.0637. The molecule has 0 bridgehead atoms. The molecule has 3 aromatic rings. The van der Waals surface area contributed by atoms with Crippen LogP contribution >= 0.6 is 0 Å². The van der Waals surface area contributed by atoms with E-state index in [2.05, 4.69) is 32.1 Å². The molecule has 1 amide bonds. The van der Waals surface area contributed by atoms with Crippen molar-refractivity contribution < 1.29 is 26.7 Å². The molecular formula is C23H20F5N5O. The second-order valence-electron chi connectivity index (χ2n) is 8.17. The fourth-order valence-electron chi connectivity index (χ4n) is 3.74. The van der Waals surface area contributed by atoms with Crippen molar-refractivity contribution in [3.63, 3.8) is 0 Å². The van der Waals surface area contributed by atoms with E-state index < -0.39 is 23.6 Å². The molecule has 1 saturated heterocycles. The first kappa shape index (κ1) is 23.5. The zero-order chi connectivity index (χ0) is 24.5. The summed E-state index contributed by atoms with van der Waals surface area (Å²) in [6.07, 6.45) is 1.29. The van der Waals surface area contributed by atoms with Crippen LogP contribution in [-0.4, -0.2) is 40.1 Å². The van der Waals surface area contributed by atoms with Crippen LogP contribution < -0.4 is 10.2 Å². The van der Waals surface area contributed by atoms with E-state index >= 15 is 0 Å². The number of carbonyl (C=O) groups is 1. The average Bonchev–Trinajstić information content (AvgIpc) is 3.25. The molecule has 34 heavy (non-hydrogen) atoms. The highest BCUT2D eigenvalue weighted by Gasteiger charge is 2.58. The Bertz CT molecular complexity index is 1170. The van der Waals surface area contributed by atoms with Gasteiger partial charge in [0, 0.05) is 54.1 Å². The van der Waals surface area contributed by atoms with Crippen LogP contribution in [0.3, 0.4) is 0 Å². The number of amides is 1. The molecule has 1 N–H and O–H groups in total. The minimum Gasteiger partial charge on any atom is -0.356 e. The molecule has 1 fully saturated rings. The molecule has 178 valence electrons. The van der Waals surface area contributed by atoms with Crippen LogP contribution in [0.5, 0.6) is 0 Å². The maximum absolute atomic E-state index is 13.5. The van der Waals surface area contributed by atoms with Crippen molar-refractivity contribution >= 4 is 17.4 Å². The van der Waals surface area contributed by atoms with Gasteiger partial charge in [0.25, 0.3) is 5.91 Å². The van der Waals surface area contributed by atoms with Gasteiger partial charge in [0.2, 0.25) is 0 Å². The van der Waals surface area contributed by atoms with E-state index in [9.17, 15) is 26.7 Å². The van der Waals surface area contributed by atoms with Crippen molar-refractivity contribution in [3.05, 3.63) is 66.4 Å². The van der Waals surface area contributed by atoms with Crippen LogP contribution in [0.25, 0.3) is 11.1 Å². The predicted octanol–water partition coefficient (Wildman–Crippen LogP) is 5.29. The van der Waals surface area contributed by atoms with Gasteiger partial charge >= 0.3 is 12.1 Å². The first-order valence-corrected chi connectivity index (χ1v) is 10.4. The quantitative estimate of drug-likeness (QED) is 0.506. The summed E-state index contributed by atoms with van der Waals surface area (Å²) in [5.41, 5.74) is 0.351. The molecule has 3 heterocycles. The fraction of sp³-hybridized carbons (Fsp3) is 0.304. The van der Waals surface area contributed by atoms with Crippen molar-refractivity contribution in [1.82, 2.24) is 15.0 Å². The van der Waals surface area contributed by atoms with Gasteiger partial charge in [-0.25, -0.2) is 15.0 Å². The highest BCUT2D eigenvalue weighted by Crippen LogP contribution is 2.44. The Hall–Kier alpha value is -3.63. The highest BCUT2D eigenvalue weighted by molar-refractivity contribution is 6.05.